The highest BCUT2D eigenvalue weighted by Crippen LogP contribution is 2.37. The van der Waals surface area contributed by atoms with Gasteiger partial charge in [0.1, 0.15) is 0 Å². The minimum absolute atomic E-state index is 0.648. The van der Waals surface area contributed by atoms with Gasteiger partial charge in [-0.05, 0) is 62.9 Å². The monoisotopic (exact) mass is 236 g/mol. The van der Waals surface area contributed by atoms with E-state index in [9.17, 15) is 0 Å². The third-order valence-electron chi connectivity index (χ3n) is 5.29. The van der Waals surface area contributed by atoms with Gasteiger partial charge in [-0.1, -0.05) is 12.8 Å². The fourth-order valence-corrected chi connectivity index (χ4v) is 4.40. The van der Waals surface area contributed by atoms with Gasteiger partial charge in [0.05, 0.1) is 0 Å². The molecule has 3 fully saturated rings. The Hall–Kier alpha value is -0.0800. The van der Waals surface area contributed by atoms with Crippen LogP contribution in [0.3, 0.4) is 0 Å². The summed E-state index contributed by atoms with van der Waals surface area (Å²) in [4.78, 5) is 2.80. The molecule has 98 valence electrons. The average Bonchev–Trinajstić information content (AvgIpc) is 2.83. The zero-order chi connectivity index (χ0) is 11.6. The normalized spacial score (nSPS) is 36.7. The molecule has 0 aromatic carbocycles. The number of hydrogen-bond donors (Lipinski definition) is 1. The van der Waals surface area contributed by atoms with Crippen LogP contribution in [0.4, 0.5) is 0 Å². The molecular weight excluding hydrogens is 208 g/mol. The van der Waals surface area contributed by atoms with Crippen molar-refractivity contribution in [3.8, 4) is 0 Å². The summed E-state index contributed by atoms with van der Waals surface area (Å²) in [6, 6.07) is 0. The summed E-state index contributed by atoms with van der Waals surface area (Å²) in [5, 5.41) is 3.63. The number of piperidine rings is 2. The Morgan fingerprint density at radius 1 is 1.06 bits per heavy atom. The van der Waals surface area contributed by atoms with Crippen LogP contribution in [0.1, 0.15) is 51.4 Å². The molecule has 0 aromatic heterocycles. The van der Waals surface area contributed by atoms with E-state index in [1.807, 2.05) is 0 Å². The minimum atomic E-state index is 0.648. The van der Waals surface area contributed by atoms with Gasteiger partial charge >= 0.3 is 0 Å². The van der Waals surface area contributed by atoms with Crippen molar-refractivity contribution in [3.05, 3.63) is 0 Å². The molecule has 1 unspecified atom stereocenters. The summed E-state index contributed by atoms with van der Waals surface area (Å²) in [6.45, 7) is 6.70. The van der Waals surface area contributed by atoms with Crippen LogP contribution in [0, 0.1) is 11.3 Å². The highest BCUT2D eigenvalue weighted by Gasteiger charge is 2.36. The molecule has 0 radical (unpaired) electrons. The van der Waals surface area contributed by atoms with Crippen molar-refractivity contribution in [2.24, 2.45) is 11.3 Å². The molecule has 0 amide bonds. The molecule has 2 saturated heterocycles. The van der Waals surface area contributed by atoms with Crippen LogP contribution >= 0.6 is 0 Å². The fraction of sp³-hybridized carbons (Fsp3) is 1.00. The molecule has 17 heavy (non-hydrogen) atoms. The minimum Gasteiger partial charge on any atom is -0.316 e. The quantitative estimate of drug-likeness (QED) is 0.793. The number of nitrogens with zero attached hydrogens (tertiary/aromatic N) is 1. The fourth-order valence-electron chi connectivity index (χ4n) is 4.40. The molecule has 0 aromatic rings. The van der Waals surface area contributed by atoms with Gasteiger partial charge in [-0.3, -0.25) is 0 Å². The molecule has 2 heteroatoms. The summed E-state index contributed by atoms with van der Waals surface area (Å²) >= 11 is 0. The second-order valence-electron chi connectivity index (χ2n) is 6.77. The average molecular weight is 236 g/mol. The van der Waals surface area contributed by atoms with Crippen LogP contribution in [0.15, 0.2) is 0 Å². The first kappa shape index (κ1) is 12.0. The predicted octanol–water partition coefficient (Wildman–Crippen LogP) is 2.64. The molecular formula is C15H28N2. The van der Waals surface area contributed by atoms with Crippen molar-refractivity contribution >= 4 is 0 Å². The van der Waals surface area contributed by atoms with E-state index in [1.165, 1.54) is 84.1 Å². The third-order valence-corrected chi connectivity index (χ3v) is 5.29. The lowest BCUT2D eigenvalue weighted by Gasteiger charge is -2.46. The van der Waals surface area contributed by atoms with Gasteiger partial charge in [0.15, 0.2) is 0 Å². The highest BCUT2D eigenvalue weighted by molar-refractivity contribution is 4.92. The maximum absolute atomic E-state index is 3.63. The van der Waals surface area contributed by atoms with Crippen LogP contribution in [0.2, 0.25) is 0 Å². The predicted molar refractivity (Wildman–Crippen MR) is 72.2 cm³/mol. The van der Waals surface area contributed by atoms with Gasteiger partial charge in [0, 0.05) is 19.6 Å². The van der Waals surface area contributed by atoms with E-state index in [2.05, 4.69) is 10.2 Å². The smallest absolute Gasteiger partial charge is 0.00503 e. The Bertz CT molecular complexity index is 234. The Kier molecular flexibility index (Phi) is 3.72. The Morgan fingerprint density at radius 3 is 2.65 bits per heavy atom. The number of nitrogens with one attached hydrogen (secondary N) is 1. The van der Waals surface area contributed by atoms with Crippen molar-refractivity contribution in [2.45, 2.75) is 51.4 Å². The molecule has 2 aliphatic heterocycles. The van der Waals surface area contributed by atoms with E-state index in [0.29, 0.717) is 5.41 Å². The second kappa shape index (κ2) is 5.27. The lowest BCUT2D eigenvalue weighted by atomic mass is 9.74. The zero-order valence-electron chi connectivity index (χ0n) is 11.2. The van der Waals surface area contributed by atoms with Crippen molar-refractivity contribution in [3.63, 3.8) is 0 Å². The molecule has 1 aliphatic carbocycles. The van der Waals surface area contributed by atoms with Crippen molar-refractivity contribution in [2.75, 3.05) is 32.7 Å². The second-order valence-corrected chi connectivity index (χ2v) is 6.77. The van der Waals surface area contributed by atoms with Crippen LogP contribution in [0.5, 0.6) is 0 Å². The van der Waals surface area contributed by atoms with Gasteiger partial charge in [-0.25, -0.2) is 0 Å². The maximum atomic E-state index is 3.63. The topological polar surface area (TPSA) is 15.3 Å². The van der Waals surface area contributed by atoms with Crippen LogP contribution in [-0.4, -0.2) is 37.6 Å². The molecule has 3 rings (SSSR count). The first-order chi connectivity index (χ1) is 8.36. The molecule has 0 bridgehead atoms. The molecule has 3 aliphatic rings. The molecule has 2 heterocycles. The molecule has 1 N–H and O–H groups in total. The molecule has 1 atom stereocenters. The Morgan fingerprint density at radius 2 is 1.88 bits per heavy atom. The Balaban J connectivity index is 1.55. The van der Waals surface area contributed by atoms with Crippen molar-refractivity contribution < 1.29 is 0 Å². The van der Waals surface area contributed by atoms with Gasteiger partial charge in [-0.15, -0.1) is 0 Å². The summed E-state index contributed by atoms with van der Waals surface area (Å²) in [5.41, 5.74) is 0.648. The van der Waals surface area contributed by atoms with Crippen LogP contribution < -0.4 is 5.32 Å². The van der Waals surface area contributed by atoms with Crippen molar-refractivity contribution in [1.29, 1.82) is 0 Å². The van der Waals surface area contributed by atoms with Gasteiger partial charge in [0.25, 0.3) is 0 Å². The van der Waals surface area contributed by atoms with E-state index in [0.717, 1.165) is 5.92 Å². The molecule has 1 spiro atoms. The lowest BCUT2D eigenvalue weighted by molar-refractivity contribution is 0.0554. The summed E-state index contributed by atoms with van der Waals surface area (Å²) in [6.07, 6.45) is 11.8. The Labute approximate surface area is 106 Å². The maximum Gasteiger partial charge on any atom is 0.00503 e. The van der Waals surface area contributed by atoms with Gasteiger partial charge in [-0.2, -0.15) is 0 Å². The van der Waals surface area contributed by atoms with E-state index < -0.39 is 0 Å². The lowest BCUT2D eigenvalue weighted by Crippen LogP contribution is -2.51. The van der Waals surface area contributed by atoms with E-state index in [4.69, 9.17) is 0 Å². The number of hydrogen-bond acceptors (Lipinski definition) is 2. The summed E-state index contributed by atoms with van der Waals surface area (Å²) < 4.78 is 0. The van der Waals surface area contributed by atoms with Gasteiger partial charge in [0.2, 0.25) is 0 Å². The summed E-state index contributed by atoms with van der Waals surface area (Å²) in [7, 11) is 0. The number of rotatable bonds is 2. The largest absolute Gasteiger partial charge is 0.316 e. The first-order valence-corrected chi connectivity index (χ1v) is 7.79. The third kappa shape index (κ3) is 2.85. The van der Waals surface area contributed by atoms with Crippen LogP contribution in [-0.2, 0) is 0 Å². The van der Waals surface area contributed by atoms with Gasteiger partial charge < -0.3 is 10.2 Å². The first-order valence-electron chi connectivity index (χ1n) is 7.79. The van der Waals surface area contributed by atoms with E-state index in [1.54, 1.807) is 0 Å². The SMILES string of the molecule is C1CCC(CN2CCCC3(CCCNC3)C2)C1. The van der Waals surface area contributed by atoms with Crippen molar-refractivity contribution in [1.82, 2.24) is 10.2 Å². The summed E-state index contributed by atoms with van der Waals surface area (Å²) in [5.74, 6) is 1.03. The number of likely N-dealkylation sites (tertiary alicyclic amines) is 1. The highest BCUT2D eigenvalue weighted by atomic mass is 15.1. The molecule has 1 saturated carbocycles. The van der Waals surface area contributed by atoms with Crippen LogP contribution in [0.25, 0.3) is 0 Å². The molecule has 2 nitrogen and oxygen atoms in total. The standard InChI is InChI=1S/C15H28N2/c1-2-6-14(5-1)11-17-10-4-8-15(13-17)7-3-9-16-12-15/h14,16H,1-13H2. The van der Waals surface area contributed by atoms with E-state index >= 15 is 0 Å². The van der Waals surface area contributed by atoms with E-state index in [-0.39, 0.29) is 0 Å². The zero-order valence-corrected chi connectivity index (χ0v) is 11.2.